The van der Waals surface area contributed by atoms with Gasteiger partial charge in [-0.1, -0.05) is 13.8 Å². The number of carbonyl (C=O) groups is 1. The molecule has 0 rings (SSSR count). The van der Waals surface area contributed by atoms with Gasteiger partial charge in [0, 0.05) is 6.61 Å². The van der Waals surface area contributed by atoms with Gasteiger partial charge in [-0.15, -0.1) is 0 Å². The fourth-order valence-corrected chi connectivity index (χ4v) is 0.652. The van der Waals surface area contributed by atoms with Crippen molar-refractivity contribution in [1.82, 2.24) is 0 Å². The fourth-order valence-electron chi connectivity index (χ4n) is 0.652. The standard InChI is InChI=1S/C9H19NO3/c1-7(2)6-12-4-5-13-9(11)8(3)10/h7-8H,4-6,10H2,1-3H3/t8-/m0/s1. The molecule has 0 amide bonds. The third-order valence-corrected chi connectivity index (χ3v) is 1.29. The number of rotatable bonds is 6. The molecular formula is C9H19NO3. The minimum atomic E-state index is -0.551. The molecule has 1 atom stereocenters. The Morgan fingerprint density at radius 3 is 2.38 bits per heavy atom. The van der Waals surface area contributed by atoms with Crippen molar-refractivity contribution in [2.45, 2.75) is 26.8 Å². The van der Waals surface area contributed by atoms with Crippen LogP contribution in [0, 0.1) is 5.92 Å². The Hall–Kier alpha value is -0.610. The van der Waals surface area contributed by atoms with E-state index >= 15 is 0 Å². The largest absolute Gasteiger partial charge is 0.462 e. The maximum absolute atomic E-state index is 10.8. The van der Waals surface area contributed by atoms with Crippen LogP contribution in [-0.4, -0.2) is 31.8 Å². The summed E-state index contributed by atoms with van der Waals surface area (Å²) in [5.74, 6) is 0.122. The Balaban J connectivity index is 3.21. The normalized spacial score (nSPS) is 13.0. The van der Waals surface area contributed by atoms with E-state index in [-0.39, 0.29) is 12.6 Å². The van der Waals surface area contributed by atoms with Crippen molar-refractivity contribution in [3.63, 3.8) is 0 Å². The van der Waals surface area contributed by atoms with Crippen molar-refractivity contribution >= 4 is 5.97 Å². The molecule has 0 spiro atoms. The molecule has 0 aromatic rings. The summed E-state index contributed by atoms with van der Waals surface area (Å²) in [5, 5.41) is 0. The van der Waals surface area contributed by atoms with Crippen LogP contribution in [0.4, 0.5) is 0 Å². The molecule has 0 saturated carbocycles. The number of ether oxygens (including phenoxy) is 2. The van der Waals surface area contributed by atoms with E-state index < -0.39 is 6.04 Å². The highest BCUT2D eigenvalue weighted by Gasteiger charge is 2.07. The Kier molecular flexibility index (Phi) is 6.54. The summed E-state index contributed by atoms with van der Waals surface area (Å²) in [5.41, 5.74) is 5.28. The van der Waals surface area contributed by atoms with E-state index in [1.54, 1.807) is 6.92 Å². The van der Waals surface area contributed by atoms with Crippen LogP contribution in [0.2, 0.25) is 0 Å². The molecule has 78 valence electrons. The second kappa shape index (κ2) is 6.86. The first-order valence-corrected chi connectivity index (χ1v) is 4.54. The second-order valence-electron chi connectivity index (χ2n) is 3.42. The lowest BCUT2D eigenvalue weighted by Gasteiger charge is -2.08. The van der Waals surface area contributed by atoms with Crippen LogP contribution in [-0.2, 0) is 14.3 Å². The minimum absolute atomic E-state index is 0.285. The zero-order chi connectivity index (χ0) is 10.3. The average molecular weight is 189 g/mol. The predicted molar refractivity (Wildman–Crippen MR) is 50.3 cm³/mol. The molecule has 0 aliphatic heterocycles. The molecule has 4 heteroatoms. The Morgan fingerprint density at radius 2 is 1.92 bits per heavy atom. The molecule has 0 fully saturated rings. The van der Waals surface area contributed by atoms with Gasteiger partial charge < -0.3 is 15.2 Å². The van der Waals surface area contributed by atoms with E-state index in [1.807, 2.05) is 0 Å². The zero-order valence-corrected chi connectivity index (χ0v) is 8.58. The molecule has 0 saturated heterocycles. The number of esters is 1. The molecule has 0 radical (unpaired) electrons. The molecular weight excluding hydrogens is 170 g/mol. The molecule has 2 N–H and O–H groups in total. The summed E-state index contributed by atoms with van der Waals surface area (Å²) in [6, 6.07) is -0.551. The Morgan fingerprint density at radius 1 is 1.31 bits per heavy atom. The maximum atomic E-state index is 10.8. The van der Waals surface area contributed by atoms with Crippen molar-refractivity contribution in [2.24, 2.45) is 11.7 Å². The van der Waals surface area contributed by atoms with Crippen LogP contribution in [0.1, 0.15) is 20.8 Å². The Bertz CT molecular complexity index is 146. The zero-order valence-electron chi connectivity index (χ0n) is 8.58. The SMILES string of the molecule is CC(C)COCCOC(=O)[C@H](C)N. The van der Waals surface area contributed by atoms with Gasteiger partial charge in [0.15, 0.2) is 0 Å². The molecule has 0 aliphatic rings. The van der Waals surface area contributed by atoms with E-state index in [0.717, 1.165) is 0 Å². The van der Waals surface area contributed by atoms with E-state index in [0.29, 0.717) is 19.1 Å². The van der Waals surface area contributed by atoms with Gasteiger partial charge in [0.05, 0.1) is 6.61 Å². The highest BCUT2D eigenvalue weighted by atomic mass is 16.6. The molecule has 0 bridgehead atoms. The van der Waals surface area contributed by atoms with Crippen LogP contribution in [0.25, 0.3) is 0 Å². The van der Waals surface area contributed by atoms with Gasteiger partial charge >= 0.3 is 5.97 Å². The summed E-state index contributed by atoms with van der Waals surface area (Å²) in [6.45, 7) is 7.14. The van der Waals surface area contributed by atoms with Crippen LogP contribution in [0.5, 0.6) is 0 Å². The third kappa shape index (κ3) is 7.74. The summed E-state index contributed by atoms with van der Waals surface area (Å²) < 4.78 is 10.0. The van der Waals surface area contributed by atoms with E-state index in [2.05, 4.69) is 13.8 Å². The van der Waals surface area contributed by atoms with Gasteiger partial charge in [0.1, 0.15) is 12.6 Å². The van der Waals surface area contributed by atoms with Gasteiger partial charge in [0.2, 0.25) is 0 Å². The number of carbonyl (C=O) groups excluding carboxylic acids is 1. The fraction of sp³-hybridized carbons (Fsp3) is 0.889. The van der Waals surface area contributed by atoms with Gasteiger partial charge in [0.25, 0.3) is 0 Å². The van der Waals surface area contributed by atoms with Crippen molar-refractivity contribution in [2.75, 3.05) is 19.8 Å². The molecule has 0 aromatic carbocycles. The average Bonchev–Trinajstić information content (AvgIpc) is 2.02. The van der Waals surface area contributed by atoms with Crippen molar-refractivity contribution < 1.29 is 14.3 Å². The van der Waals surface area contributed by atoms with Crippen molar-refractivity contribution in [3.8, 4) is 0 Å². The molecule has 0 unspecified atom stereocenters. The van der Waals surface area contributed by atoms with E-state index in [4.69, 9.17) is 15.2 Å². The quantitative estimate of drug-likeness (QED) is 0.489. The maximum Gasteiger partial charge on any atom is 0.322 e. The smallest absolute Gasteiger partial charge is 0.322 e. The lowest BCUT2D eigenvalue weighted by atomic mass is 10.2. The predicted octanol–water partition coefficient (Wildman–Crippen LogP) is 0.549. The molecule has 0 aliphatic carbocycles. The lowest BCUT2D eigenvalue weighted by Crippen LogP contribution is -2.29. The monoisotopic (exact) mass is 189 g/mol. The number of nitrogens with two attached hydrogens (primary N) is 1. The highest BCUT2D eigenvalue weighted by Crippen LogP contribution is 1.92. The van der Waals surface area contributed by atoms with E-state index in [1.165, 1.54) is 0 Å². The highest BCUT2D eigenvalue weighted by molar-refractivity contribution is 5.74. The molecule has 13 heavy (non-hydrogen) atoms. The van der Waals surface area contributed by atoms with Crippen molar-refractivity contribution in [1.29, 1.82) is 0 Å². The van der Waals surface area contributed by atoms with Gasteiger partial charge in [-0.05, 0) is 12.8 Å². The summed E-state index contributed by atoms with van der Waals surface area (Å²) >= 11 is 0. The third-order valence-electron chi connectivity index (χ3n) is 1.29. The molecule has 0 aromatic heterocycles. The van der Waals surface area contributed by atoms with Crippen molar-refractivity contribution in [3.05, 3.63) is 0 Å². The topological polar surface area (TPSA) is 61.5 Å². The first kappa shape index (κ1) is 12.4. The number of hydrogen-bond donors (Lipinski definition) is 1. The first-order chi connectivity index (χ1) is 6.04. The summed E-state index contributed by atoms with van der Waals surface area (Å²) in [6.07, 6.45) is 0. The van der Waals surface area contributed by atoms with Gasteiger partial charge in [-0.2, -0.15) is 0 Å². The second-order valence-corrected chi connectivity index (χ2v) is 3.42. The van der Waals surface area contributed by atoms with Gasteiger partial charge in [-0.3, -0.25) is 4.79 Å². The van der Waals surface area contributed by atoms with Gasteiger partial charge in [-0.25, -0.2) is 0 Å². The Labute approximate surface area is 79.4 Å². The minimum Gasteiger partial charge on any atom is -0.462 e. The van der Waals surface area contributed by atoms with Crippen LogP contribution < -0.4 is 5.73 Å². The number of hydrogen-bond acceptors (Lipinski definition) is 4. The molecule has 0 heterocycles. The van der Waals surface area contributed by atoms with Crippen LogP contribution >= 0.6 is 0 Å². The molecule has 4 nitrogen and oxygen atoms in total. The lowest BCUT2D eigenvalue weighted by molar-refractivity contribution is -0.146. The van der Waals surface area contributed by atoms with Crippen LogP contribution in [0.15, 0.2) is 0 Å². The summed E-state index contributed by atoms with van der Waals surface area (Å²) in [7, 11) is 0. The van der Waals surface area contributed by atoms with E-state index in [9.17, 15) is 4.79 Å². The van der Waals surface area contributed by atoms with Crippen LogP contribution in [0.3, 0.4) is 0 Å². The summed E-state index contributed by atoms with van der Waals surface area (Å²) in [4.78, 5) is 10.8. The first-order valence-electron chi connectivity index (χ1n) is 4.54.